The van der Waals surface area contributed by atoms with E-state index in [1.807, 2.05) is 0 Å². The average molecular weight is 200 g/mol. The molecule has 80 valence electrons. The molecule has 0 spiro atoms. The standard InChI is InChI=1S/C9H16N2O3/c1-11(6-9(13)14-2)8(12)5-10-7-3-4-7/h7,10H,3-6H2,1-2H3. The molecule has 0 saturated heterocycles. The molecular formula is C9H16N2O3. The number of nitrogens with zero attached hydrogens (tertiary/aromatic N) is 1. The minimum Gasteiger partial charge on any atom is -0.468 e. The smallest absolute Gasteiger partial charge is 0.325 e. The number of carbonyl (C=O) groups excluding carboxylic acids is 2. The van der Waals surface area contributed by atoms with Crippen LogP contribution >= 0.6 is 0 Å². The van der Waals surface area contributed by atoms with Gasteiger partial charge >= 0.3 is 5.97 Å². The maximum absolute atomic E-state index is 11.4. The topological polar surface area (TPSA) is 58.6 Å². The first-order valence-corrected chi connectivity index (χ1v) is 4.67. The van der Waals surface area contributed by atoms with E-state index < -0.39 is 5.97 Å². The monoisotopic (exact) mass is 200 g/mol. The lowest BCUT2D eigenvalue weighted by atomic mass is 10.4. The van der Waals surface area contributed by atoms with Gasteiger partial charge in [-0.05, 0) is 12.8 Å². The molecule has 0 atom stereocenters. The molecule has 5 nitrogen and oxygen atoms in total. The molecule has 0 unspecified atom stereocenters. The van der Waals surface area contributed by atoms with Crippen LogP contribution in [0.4, 0.5) is 0 Å². The van der Waals surface area contributed by atoms with E-state index >= 15 is 0 Å². The zero-order valence-corrected chi connectivity index (χ0v) is 8.58. The molecule has 14 heavy (non-hydrogen) atoms. The predicted octanol–water partition coefficient (Wildman–Crippen LogP) is -0.630. The molecule has 1 saturated carbocycles. The van der Waals surface area contributed by atoms with Crippen LogP contribution in [0.1, 0.15) is 12.8 Å². The number of ether oxygens (including phenoxy) is 1. The molecule has 0 aliphatic heterocycles. The number of hydrogen-bond donors (Lipinski definition) is 1. The summed E-state index contributed by atoms with van der Waals surface area (Å²) in [5, 5.41) is 3.09. The highest BCUT2D eigenvalue weighted by Crippen LogP contribution is 2.17. The normalized spacial score (nSPS) is 15.0. The fourth-order valence-electron chi connectivity index (χ4n) is 1.00. The molecule has 0 radical (unpaired) electrons. The van der Waals surface area contributed by atoms with E-state index in [0.29, 0.717) is 12.6 Å². The third-order valence-corrected chi connectivity index (χ3v) is 2.14. The number of methoxy groups -OCH3 is 1. The molecule has 0 aromatic carbocycles. The molecule has 0 bridgehead atoms. The van der Waals surface area contributed by atoms with Crippen molar-refractivity contribution >= 4 is 11.9 Å². The fourth-order valence-corrected chi connectivity index (χ4v) is 1.00. The molecule has 0 heterocycles. The Balaban J connectivity index is 2.17. The van der Waals surface area contributed by atoms with Crippen LogP contribution < -0.4 is 5.32 Å². The van der Waals surface area contributed by atoms with Crippen molar-refractivity contribution in [2.75, 3.05) is 27.2 Å². The lowest BCUT2D eigenvalue weighted by Crippen LogP contribution is -2.39. The summed E-state index contributed by atoms with van der Waals surface area (Å²) in [6.07, 6.45) is 2.29. The molecule has 0 aromatic heterocycles. The van der Waals surface area contributed by atoms with E-state index in [1.54, 1.807) is 7.05 Å². The molecule has 1 aliphatic rings. The van der Waals surface area contributed by atoms with Gasteiger partial charge in [-0.3, -0.25) is 9.59 Å². The van der Waals surface area contributed by atoms with Crippen LogP contribution in [0, 0.1) is 0 Å². The largest absolute Gasteiger partial charge is 0.468 e. The van der Waals surface area contributed by atoms with Gasteiger partial charge in [0.1, 0.15) is 6.54 Å². The lowest BCUT2D eigenvalue weighted by molar-refractivity contribution is -0.145. The number of carbonyl (C=O) groups is 2. The summed E-state index contributed by atoms with van der Waals surface area (Å²) in [5.74, 6) is -0.477. The quantitative estimate of drug-likeness (QED) is 0.600. The molecular weight excluding hydrogens is 184 g/mol. The Morgan fingerprint density at radius 2 is 2.14 bits per heavy atom. The Bertz CT molecular complexity index is 226. The highest BCUT2D eigenvalue weighted by Gasteiger charge is 2.22. The number of nitrogens with one attached hydrogen (secondary N) is 1. The number of esters is 1. The second kappa shape index (κ2) is 4.95. The van der Waals surface area contributed by atoms with Crippen molar-refractivity contribution in [3.8, 4) is 0 Å². The van der Waals surface area contributed by atoms with Crippen molar-refractivity contribution in [2.24, 2.45) is 0 Å². The van der Waals surface area contributed by atoms with E-state index in [1.165, 1.54) is 12.0 Å². The van der Waals surface area contributed by atoms with Crippen LogP contribution in [0.5, 0.6) is 0 Å². The van der Waals surface area contributed by atoms with Crippen molar-refractivity contribution in [1.82, 2.24) is 10.2 Å². The molecule has 1 N–H and O–H groups in total. The summed E-state index contributed by atoms with van der Waals surface area (Å²) in [6, 6.07) is 0.505. The van der Waals surface area contributed by atoms with Crippen molar-refractivity contribution < 1.29 is 14.3 Å². The van der Waals surface area contributed by atoms with Crippen molar-refractivity contribution in [3.05, 3.63) is 0 Å². The molecule has 0 aromatic rings. The van der Waals surface area contributed by atoms with Crippen LogP contribution in [0.3, 0.4) is 0 Å². The minimum absolute atomic E-state index is 0.0156. The highest BCUT2D eigenvalue weighted by molar-refractivity contribution is 5.83. The van der Waals surface area contributed by atoms with Crippen LogP contribution in [0.2, 0.25) is 0 Å². The minimum atomic E-state index is -0.396. The van der Waals surface area contributed by atoms with Gasteiger partial charge in [0.2, 0.25) is 5.91 Å². The SMILES string of the molecule is COC(=O)CN(C)C(=O)CNC1CC1. The summed E-state index contributed by atoms with van der Waals surface area (Å²) < 4.78 is 4.46. The average Bonchev–Trinajstić information content (AvgIpc) is 2.97. The summed E-state index contributed by atoms with van der Waals surface area (Å²) >= 11 is 0. The summed E-state index contributed by atoms with van der Waals surface area (Å²) in [7, 11) is 2.90. The first-order chi connectivity index (χ1) is 6.63. The Morgan fingerprint density at radius 3 is 2.64 bits per heavy atom. The van der Waals surface area contributed by atoms with E-state index in [0.717, 1.165) is 12.8 Å². The molecule has 5 heteroatoms. The Labute approximate surface area is 83.4 Å². The predicted molar refractivity (Wildman–Crippen MR) is 50.7 cm³/mol. The van der Waals surface area contributed by atoms with E-state index in [-0.39, 0.29) is 12.5 Å². The Hall–Kier alpha value is -1.10. The number of amides is 1. The van der Waals surface area contributed by atoms with Gasteiger partial charge in [-0.1, -0.05) is 0 Å². The van der Waals surface area contributed by atoms with E-state index in [4.69, 9.17) is 0 Å². The number of rotatable bonds is 5. The Kier molecular flexibility index (Phi) is 3.88. The number of hydrogen-bond acceptors (Lipinski definition) is 4. The lowest BCUT2D eigenvalue weighted by Gasteiger charge is -2.15. The van der Waals surface area contributed by atoms with Gasteiger partial charge in [0.05, 0.1) is 13.7 Å². The maximum Gasteiger partial charge on any atom is 0.325 e. The van der Waals surface area contributed by atoms with Crippen LogP contribution in [-0.2, 0) is 14.3 Å². The molecule has 1 aliphatic carbocycles. The summed E-state index contributed by atoms with van der Waals surface area (Å²) in [6.45, 7) is 0.319. The van der Waals surface area contributed by atoms with Crippen LogP contribution in [0.25, 0.3) is 0 Å². The molecule has 1 amide bonds. The summed E-state index contributed by atoms with van der Waals surface area (Å²) in [5.41, 5.74) is 0. The zero-order valence-electron chi connectivity index (χ0n) is 8.58. The van der Waals surface area contributed by atoms with Gasteiger partial charge in [-0.15, -0.1) is 0 Å². The van der Waals surface area contributed by atoms with E-state index in [9.17, 15) is 9.59 Å². The van der Waals surface area contributed by atoms with Crippen LogP contribution in [-0.4, -0.2) is 50.1 Å². The fraction of sp³-hybridized carbons (Fsp3) is 0.778. The van der Waals surface area contributed by atoms with Gasteiger partial charge in [-0.25, -0.2) is 0 Å². The van der Waals surface area contributed by atoms with Gasteiger partial charge in [0.25, 0.3) is 0 Å². The molecule has 1 fully saturated rings. The zero-order chi connectivity index (χ0) is 10.6. The highest BCUT2D eigenvalue weighted by atomic mass is 16.5. The van der Waals surface area contributed by atoms with Gasteiger partial charge in [0.15, 0.2) is 0 Å². The Morgan fingerprint density at radius 1 is 1.50 bits per heavy atom. The molecule has 1 rings (SSSR count). The van der Waals surface area contributed by atoms with Crippen molar-refractivity contribution in [2.45, 2.75) is 18.9 Å². The maximum atomic E-state index is 11.4. The third kappa shape index (κ3) is 3.74. The second-order valence-corrected chi connectivity index (χ2v) is 3.48. The second-order valence-electron chi connectivity index (χ2n) is 3.48. The van der Waals surface area contributed by atoms with Gasteiger partial charge in [0, 0.05) is 13.1 Å². The van der Waals surface area contributed by atoms with Crippen molar-refractivity contribution in [3.63, 3.8) is 0 Å². The van der Waals surface area contributed by atoms with Gasteiger partial charge in [-0.2, -0.15) is 0 Å². The first-order valence-electron chi connectivity index (χ1n) is 4.67. The number of likely N-dealkylation sites (N-methyl/N-ethyl adjacent to an activating group) is 1. The van der Waals surface area contributed by atoms with Crippen LogP contribution in [0.15, 0.2) is 0 Å². The van der Waals surface area contributed by atoms with Crippen molar-refractivity contribution in [1.29, 1.82) is 0 Å². The van der Waals surface area contributed by atoms with Gasteiger partial charge < -0.3 is 15.0 Å². The third-order valence-electron chi connectivity index (χ3n) is 2.14. The first kappa shape index (κ1) is 11.0. The summed E-state index contributed by atoms with van der Waals surface area (Å²) in [4.78, 5) is 23.6. The van der Waals surface area contributed by atoms with E-state index in [2.05, 4.69) is 10.1 Å².